The molecule has 0 saturated carbocycles. The largest absolute Gasteiger partial charge is 0.494 e. The number of ether oxygens (including phenoxy) is 1. The molecule has 5 nitrogen and oxygen atoms in total. The zero-order valence-corrected chi connectivity index (χ0v) is 15.3. The van der Waals surface area contributed by atoms with Crippen molar-refractivity contribution in [2.75, 3.05) is 13.2 Å². The molecule has 0 radical (unpaired) electrons. The molecule has 1 heterocycles. The predicted molar refractivity (Wildman–Crippen MR) is 104 cm³/mol. The highest BCUT2D eigenvalue weighted by molar-refractivity contribution is 6.30. The van der Waals surface area contributed by atoms with Crippen LogP contribution in [-0.4, -0.2) is 29.1 Å². The Balaban J connectivity index is 1.56. The number of hydrogen-bond acceptors (Lipinski definition) is 3. The van der Waals surface area contributed by atoms with E-state index < -0.39 is 0 Å². The first-order valence-electron chi connectivity index (χ1n) is 8.77. The summed E-state index contributed by atoms with van der Waals surface area (Å²) in [6.45, 7) is 2.13. The van der Waals surface area contributed by atoms with E-state index >= 15 is 0 Å². The quantitative estimate of drug-likeness (QED) is 0.435. The molecule has 136 valence electrons. The molecule has 0 fully saturated rings. The van der Waals surface area contributed by atoms with Crippen molar-refractivity contribution >= 4 is 29.0 Å². The van der Waals surface area contributed by atoms with Crippen molar-refractivity contribution in [2.24, 2.45) is 0 Å². The minimum atomic E-state index is 0.590. The Morgan fingerprint density at radius 1 is 1.12 bits per heavy atom. The molecule has 0 atom stereocenters. The first-order chi connectivity index (χ1) is 12.8. The van der Waals surface area contributed by atoms with Crippen molar-refractivity contribution in [3.63, 3.8) is 0 Å². The van der Waals surface area contributed by atoms with Crippen LogP contribution in [0.25, 0.3) is 11.0 Å². The summed E-state index contributed by atoms with van der Waals surface area (Å²) in [5, 5.41) is 3.41. The van der Waals surface area contributed by atoms with E-state index in [0.717, 1.165) is 48.4 Å². The smallest absolute Gasteiger partial charge is 0.207 e. The molecule has 1 aromatic heterocycles. The van der Waals surface area contributed by atoms with Gasteiger partial charge in [0.1, 0.15) is 11.6 Å². The molecule has 3 aromatic rings. The summed E-state index contributed by atoms with van der Waals surface area (Å²) in [5.41, 5.74) is 2.12. The summed E-state index contributed by atoms with van der Waals surface area (Å²) < 4.78 is 7.99. The Bertz CT molecular complexity index is 846. The van der Waals surface area contributed by atoms with Crippen molar-refractivity contribution < 1.29 is 9.53 Å². The van der Waals surface area contributed by atoms with Crippen molar-refractivity contribution in [3.8, 4) is 5.75 Å². The number of amides is 1. The van der Waals surface area contributed by atoms with Crippen molar-refractivity contribution in [3.05, 3.63) is 59.4 Å². The second kappa shape index (κ2) is 9.25. The number of carbonyl (C=O) groups is 1. The van der Waals surface area contributed by atoms with Crippen LogP contribution in [0.15, 0.2) is 48.5 Å². The first kappa shape index (κ1) is 18.3. The lowest BCUT2D eigenvalue weighted by atomic mass is 10.3. The standard InChI is InChI=1S/C20H22ClN3O2/c21-16-7-9-17(10-8-16)26-14-4-3-13-24-19-6-2-1-5-18(19)23-20(24)11-12-22-15-25/h1-2,5-10,15H,3-4,11-14H2,(H,22,25). The summed E-state index contributed by atoms with van der Waals surface area (Å²) >= 11 is 5.87. The molecule has 0 aliphatic carbocycles. The van der Waals surface area contributed by atoms with Gasteiger partial charge >= 0.3 is 0 Å². The summed E-state index contributed by atoms with van der Waals surface area (Å²) in [5.74, 6) is 1.84. The second-order valence-electron chi connectivity index (χ2n) is 6.00. The van der Waals surface area contributed by atoms with E-state index in [-0.39, 0.29) is 0 Å². The lowest BCUT2D eigenvalue weighted by Crippen LogP contribution is -2.17. The lowest BCUT2D eigenvalue weighted by Gasteiger charge is -2.10. The van der Waals surface area contributed by atoms with E-state index in [9.17, 15) is 4.79 Å². The molecule has 0 saturated heterocycles. The second-order valence-corrected chi connectivity index (χ2v) is 6.44. The number of carbonyl (C=O) groups excluding carboxylic acids is 1. The zero-order valence-electron chi connectivity index (χ0n) is 14.5. The lowest BCUT2D eigenvalue weighted by molar-refractivity contribution is -0.109. The number of rotatable bonds is 10. The third-order valence-electron chi connectivity index (χ3n) is 4.17. The van der Waals surface area contributed by atoms with E-state index in [2.05, 4.69) is 16.0 Å². The van der Waals surface area contributed by atoms with Gasteiger partial charge in [-0.25, -0.2) is 4.98 Å². The number of fused-ring (bicyclic) bond motifs is 1. The number of aryl methyl sites for hydroxylation is 1. The Labute approximate surface area is 157 Å². The maximum Gasteiger partial charge on any atom is 0.207 e. The fourth-order valence-electron chi connectivity index (χ4n) is 2.90. The van der Waals surface area contributed by atoms with Crippen LogP contribution in [-0.2, 0) is 17.8 Å². The summed E-state index contributed by atoms with van der Waals surface area (Å²) in [4.78, 5) is 15.2. The maximum atomic E-state index is 10.5. The van der Waals surface area contributed by atoms with Gasteiger partial charge in [-0.1, -0.05) is 23.7 Å². The number of benzene rings is 2. The van der Waals surface area contributed by atoms with E-state index in [1.807, 2.05) is 42.5 Å². The number of nitrogens with zero attached hydrogens (tertiary/aromatic N) is 2. The molecule has 0 unspecified atom stereocenters. The van der Waals surface area contributed by atoms with E-state index in [0.29, 0.717) is 24.6 Å². The maximum absolute atomic E-state index is 10.5. The molecular weight excluding hydrogens is 350 g/mol. The molecule has 0 aliphatic rings. The van der Waals surface area contributed by atoms with Crippen LogP contribution < -0.4 is 10.1 Å². The number of unbranched alkanes of at least 4 members (excludes halogenated alkanes) is 1. The van der Waals surface area contributed by atoms with Gasteiger partial charge in [-0.3, -0.25) is 4.79 Å². The van der Waals surface area contributed by atoms with Crippen LogP contribution in [0.2, 0.25) is 5.02 Å². The van der Waals surface area contributed by atoms with Crippen molar-refractivity contribution in [2.45, 2.75) is 25.8 Å². The highest BCUT2D eigenvalue weighted by Crippen LogP contribution is 2.18. The highest BCUT2D eigenvalue weighted by Gasteiger charge is 2.09. The third kappa shape index (κ3) is 4.76. The monoisotopic (exact) mass is 371 g/mol. The van der Waals surface area contributed by atoms with Crippen LogP contribution >= 0.6 is 11.6 Å². The third-order valence-corrected chi connectivity index (χ3v) is 4.42. The van der Waals surface area contributed by atoms with Gasteiger partial charge in [0.25, 0.3) is 0 Å². The Kier molecular flexibility index (Phi) is 6.50. The molecule has 0 spiro atoms. The van der Waals surface area contributed by atoms with Gasteiger partial charge in [-0.2, -0.15) is 0 Å². The number of para-hydroxylation sites is 2. The van der Waals surface area contributed by atoms with Gasteiger partial charge in [0, 0.05) is 24.5 Å². The van der Waals surface area contributed by atoms with Crippen LogP contribution in [0.3, 0.4) is 0 Å². The molecule has 1 N–H and O–H groups in total. The fraction of sp³-hybridized carbons (Fsp3) is 0.300. The Morgan fingerprint density at radius 2 is 1.92 bits per heavy atom. The molecule has 3 rings (SSSR count). The average Bonchev–Trinajstić information content (AvgIpc) is 3.01. The minimum Gasteiger partial charge on any atom is -0.494 e. The SMILES string of the molecule is O=CNCCc1nc2ccccc2n1CCCCOc1ccc(Cl)cc1. The van der Waals surface area contributed by atoms with Crippen LogP contribution in [0, 0.1) is 0 Å². The van der Waals surface area contributed by atoms with Gasteiger partial charge in [0.15, 0.2) is 0 Å². The molecule has 6 heteroatoms. The molecular formula is C20H22ClN3O2. The number of nitrogens with one attached hydrogen (secondary N) is 1. The highest BCUT2D eigenvalue weighted by atomic mass is 35.5. The van der Waals surface area contributed by atoms with Gasteiger partial charge in [-0.05, 0) is 49.2 Å². The molecule has 0 aliphatic heterocycles. The minimum absolute atomic E-state index is 0.590. The summed E-state index contributed by atoms with van der Waals surface area (Å²) in [6.07, 6.45) is 3.37. The van der Waals surface area contributed by atoms with Gasteiger partial charge in [-0.15, -0.1) is 0 Å². The number of halogens is 1. The van der Waals surface area contributed by atoms with Gasteiger partial charge in [0.2, 0.25) is 6.41 Å². The van der Waals surface area contributed by atoms with Crippen LogP contribution in [0.4, 0.5) is 0 Å². The van der Waals surface area contributed by atoms with Crippen LogP contribution in [0.5, 0.6) is 5.75 Å². The van der Waals surface area contributed by atoms with Crippen molar-refractivity contribution in [1.82, 2.24) is 14.9 Å². The predicted octanol–water partition coefficient (Wildman–Crippen LogP) is 3.84. The number of hydrogen-bond donors (Lipinski definition) is 1. The average molecular weight is 372 g/mol. The van der Waals surface area contributed by atoms with E-state index in [1.54, 1.807) is 0 Å². The zero-order chi connectivity index (χ0) is 18.2. The Morgan fingerprint density at radius 3 is 2.73 bits per heavy atom. The first-order valence-corrected chi connectivity index (χ1v) is 9.15. The molecule has 0 bridgehead atoms. The van der Waals surface area contributed by atoms with E-state index in [1.165, 1.54) is 0 Å². The molecule has 1 amide bonds. The number of imidazole rings is 1. The van der Waals surface area contributed by atoms with Gasteiger partial charge < -0.3 is 14.6 Å². The summed E-state index contributed by atoms with van der Waals surface area (Å²) in [7, 11) is 0. The summed E-state index contributed by atoms with van der Waals surface area (Å²) in [6, 6.07) is 15.5. The van der Waals surface area contributed by atoms with Crippen LogP contribution in [0.1, 0.15) is 18.7 Å². The normalized spacial score (nSPS) is 10.8. The number of aromatic nitrogens is 2. The van der Waals surface area contributed by atoms with Gasteiger partial charge in [0.05, 0.1) is 17.6 Å². The Hall–Kier alpha value is -2.53. The fourth-order valence-corrected chi connectivity index (χ4v) is 3.03. The molecule has 2 aromatic carbocycles. The molecule has 26 heavy (non-hydrogen) atoms. The van der Waals surface area contributed by atoms with Crippen molar-refractivity contribution in [1.29, 1.82) is 0 Å². The topological polar surface area (TPSA) is 56.2 Å². The van der Waals surface area contributed by atoms with E-state index in [4.69, 9.17) is 21.3 Å².